The van der Waals surface area contributed by atoms with Crippen LogP contribution in [0.15, 0.2) is 0 Å². The highest BCUT2D eigenvalue weighted by molar-refractivity contribution is 5.80. The van der Waals surface area contributed by atoms with Crippen molar-refractivity contribution in [2.45, 2.75) is 37.7 Å². The number of nitrogens with zero attached hydrogens (tertiary/aromatic N) is 2. The van der Waals surface area contributed by atoms with Gasteiger partial charge in [-0.2, -0.15) is 0 Å². The molecule has 1 saturated carbocycles. The summed E-state index contributed by atoms with van der Waals surface area (Å²) in [5.74, 6) is 1.33. The average molecular weight is 294 g/mol. The summed E-state index contributed by atoms with van der Waals surface area (Å²) in [4.78, 5) is 26.0. The maximum atomic E-state index is 12.4. The topological polar surface area (TPSA) is 81.1 Å². The zero-order valence-electron chi connectivity index (χ0n) is 12.1. The fourth-order valence-electron chi connectivity index (χ4n) is 3.41. The van der Waals surface area contributed by atoms with Crippen molar-refractivity contribution in [1.29, 1.82) is 0 Å². The van der Waals surface area contributed by atoms with Crippen LogP contribution in [0.2, 0.25) is 0 Å². The molecule has 0 spiro atoms. The van der Waals surface area contributed by atoms with Gasteiger partial charge in [0.15, 0.2) is 0 Å². The van der Waals surface area contributed by atoms with Gasteiger partial charge in [-0.15, -0.1) is 6.42 Å². The van der Waals surface area contributed by atoms with Gasteiger partial charge in [-0.3, -0.25) is 4.79 Å². The number of aliphatic carboxylic acids is 1. The van der Waals surface area contributed by atoms with Crippen molar-refractivity contribution < 1.29 is 19.8 Å². The van der Waals surface area contributed by atoms with Crippen LogP contribution in [0, 0.1) is 18.3 Å². The first kappa shape index (κ1) is 15.6. The number of urea groups is 1. The summed E-state index contributed by atoms with van der Waals surface area (Å²) in [6.07, 6.45) is 9.56. The minimum absolute atomic E-state index is 0.0173. The van der Waals surface area contributed by atoms with Crippen molar-refractivity contribution in [2.24, 2.45) is 5.92 Å². The number of fused-ring (bicyclic) bond motifs is 1. The van der Waals surface area contributed by atoms with E-state index in [9.17, 15) is 14.7 Å². The highest BCUT2D eigenvalue weighted by atomic mass is 16.4. The standard InChI is InChI=1S/C15H22N2O4/c1-2-8-16(11-13(18)19)14(20)17-9-7-15(21)6-4-3-5-12(15)10-17/h1,12,21H,3-11H2,(H,18,19). The summed E-state index contributed by atoms with van der Waals surface area (Å²) in [7, 11) is 0. The molecule has 1 aliphatic carbocycles. The van der Waals surface area contributed by atoms with Crippen LogP contribution in [0.4, 0.5) is 4.79 Å². The Morgan fingerprint density at radius 3 is 2.81 bits per heavy atom. The number of rotatable bonds is 3. The van der Waals surface area contributed by atoms with E-state index in [0.717, 1.165) is 30.6 Å². The second-order valence-electron chi connectivity index (χ2n) is 5.98. The van der Waals surface area contributed by atoms with Gasteiger partial charge in [-0.05, 0) is 19.3 Å². The van der Waals surface area contributed by atoms with Gasteiger partial charge >= 0.3 is 12.0 Å². The SMILES string of the molecule is C#CCN(CC(=O)O)C(=O)N1CCC2(O)CCCCC2C1. The monoisotopic (exact) mass is 294 g/mol. The molecule has 0 bridgehead atoms. The molecule has 1 aliphatic heterocycles. The smallest absolute Gasteiger partial charge is 0.323 e. The van der Waals surface area contributed by atoms with E-state index >= 15 is 0 Å². The molecular formula is C15H22N2O4. The van der Waals surface area contributed by atoms with E-state index < -0.39 is 18.1 Å². The molecule has 2 rings (SSSR count). The van der Waals surface area contributed by atoms with Gasteiger partial charge < -0.3 is 20.0 Å². The van der Waals surface area contributed by atoms with Crippen LogP contribution in [0.25, 0.3) is 0 Å². The molecule has 1 saturated heterocycles. The Labute approximate surface area is 124 Å². The Morgan fingerprint density at radius 2 is 2.14 bits per heavy atom. The highest BCUT2D eigenvalue weighted by Crippen LogP contribution is 2.39. The molecule has 0 aromatic carbocycles. The number of hydrogen-bond acceptors (Lipinski definition) is 3. The predicted molar refractivity (Wildman–Crippen MR) is 76.5 cm³/mol. The van der Waals surface area contributed by atoms with E-state index in [-0.39, 0.29) is 18.5 Å². The van der Waals surface area contributed by atoms with Crippen LogP contribution in [0.5, 0.6) is 0 Å². The van der Waals surface area contributed by atoms with Crippen LogP contribution in [-0.4, -0.2) is 63.8 Å². The van der Waals surface area contributed by atoms with Crippen LogP contribution in [-0.2, 0) is 4.79 Å². The van der Waals surface area contributed by atoms with E-state index in [1.165, 1.54) is 0 Å². The molecule has 2 unspecified atom stereocenters. The van der Waals surface area contributed by atoms with Crippen molar-refractivity contribution in [2.75, 3.05) is 26.2 Å². The normalized spacial score (nSPS) is 28.4. The maximum absolute atomic E-state index is 12.4. The van der Waals surface area contributed by atoms with E-state index in [1.54, 1.807) is 4.90 Å². The van der Waals surface area contributed by atoms with Crippen molar-refractivity contribution in [3.63, 3.8) is 0 Å². The van der Waals surface area contributed by atoms with Gasteiger partial charge in [0.1, 0.15) is 6.54 Å². The lowest BCUT2D eigenvalue weighted by molar-refractivity contribution is -0.137. The van der Waals surface area contributed by atoms with Crippen molar-refractivity contribution in [3.05, 3.63) is 0 Å². The molecule has 2 fully saturated rings. The first-order valence-electron chi connectivity index (χ1n) is 7.38. The number of likely N-dealkylation sites (tertiary alicyclic amines) is 1. The number of carboxylic acid groups (broad SMARTS) is 1. The first-order chi connectivity index (χ1) is 9.96. The lowest BCUT2D eigenvalue weighted by Gasteiger charge is -2.47. The van der Waals surface area contributed by atoms with E-state index in [1.807, 2.05) is 0 Å². The number of amides is 2. The molecule has 6 nitrogen and oxygen atoms in total. The molecule has 2 amide bonds. The Morgan fingerprint density at radius 1 is 1.38 bits per heavy atom. The van der Waals surface area contributed by atoms with Gasteiger partial charge in [0, 0.05) is 19.0 Å². The van der Waals surface area contributed by atoms with Crippen molar-refractivity contribution in [3.8, 4) is 12.3 Å². The van der Waals surface area contributed by atoms with Gasteiger partial charge in [0.2, 0.25) is 0 Å². The van der Waals surface area contributed by atoms with E-state index in [2.05, 4.69) is 5.92 Å². The predicted octanol–water partition coefficient (Wildman–Crippen LogP) is 0.753. The van der Waals surface area contributed by atoms with Crippen molar-refractivity contribution in [1.82, 2.24) is 9.80 Å². The van der Waals surface area contributed by atoms with Crippen LogP contribution in [0.3, 0.4) is 0 Å². The van der Waals surface area contributed by atoms with Crippen LogP contribution in [0.1, 0.15) is 32.1 Å². The summed E-state index contributed by atoms with van der Waals surface area (Å²) in [5.41, 5.74) is -0.654. The minimum Gasteiger partial charge on any atom is -0.480 e. The number of carbonyl (C=O) groups is 2. The molecule has 21 heavy (non-hydrogen) atoms. The van der Waals surface area contributed by atoms with Crippen LogP contribution < -0.4 is 0 Å². The molecule has 0 aromatic rings. The Kier molecular flexibility index (Phi) is 4.73. The number of carbonyl (C=O) groups excluding carboxylic acids is 1. The summed E-state index contributed by atoms with van der Waals surface area (Å²) < 4.78 is 0. The molecule has 6 heteroatoms. The second kappa shape index (κ2) is 6.35. The average Bonchev–Trinajstić information content (AvgIpc) is 2.44. The zero-order valence-corrected chi connectivity index (χ0v) is 12.1. The Bertz CT molecular complexity index is 459. The number of terminal acetylenes is 1. The largest absolute Gasteiger partial charge is 0.480 e. The third-order valence-corrected chi connectivity index (χ3v) is 4.58. The van der Waals surface area contributed by atoms with Crippen LogP contribution >= 0.6 is 0 Å². The maximum Gasteiger partial charge on any atom is 0.323 e. The fourth-order valence-corrected chi connectivity index (χ4v) is 3.41. The third-order valence-electron chi connectivity index (χ3n) is 4.58. The lowest BCUT2D eigenvalue weighted by Crippen LogP contribution is -2.57. The zero-order chi connectivity index (χ0) is 15.5. The minimum atomic E-state index is -1.08. The molecule has 0 radical (unpaired) electrons. The Balaban J connectivity index is 2.02. The summed E-state index contributed by atoms with van der Waals surface area (Å²) >= 11 is 0. The van der Waals surface area contributed by atoms with E-state index in [4.69, 9.17) is 11.5 Å². The van der Waals surface area contributed by atoms with Gasteiger partial charge in [0.05, 0.1) is 12.1 Å². The summed E-state index contributed by atoms with van der Waals surface area (Å²) in [6.45, 7) is 0.521. The first-order valence-corrected chi connectivity index (χ1v) is 7.38. The summed E-state index contributed by atoms with van der Waals surface area (Å²) in [6, 6.07) is -0.344. The molecular weight excluding hydrogens is 272 g/mol. The fraction of sp³-hybridized carbons (Fsp3) is 0.733. The van der Waals surface area contributed by atoms with Gasteiger partial charge in [-0.25, -0.2) is 4.79 Å². The molecule has 1 heterocycles. The number of hydrogen-bond donors (Lipinski definition) is 2. The molecule has 2 atom stereocenters. The highest BCUT2D eigenvalue weighted by Gasteiger charge is 2.44. The molecule has 2 N–H and O–H groups in total. The van der Waals surface area contributed by atoms with Gasteiger partial charge in [-0.1, -0.05) is 18.8 Å². The van der Waals surface area contributed by atoms with Crippen molar-refractivity contribution >= 4 is 12.0 Å². The molecule has 0 aromatic heterocycles. The van der Waals surface area contributed by atoms with E-state index in [0.29, 0.717) is 19.5 Å². The third kappa shape index (κ3) is 3.48. The quantitative estimate of drug-likeness (QED) is 0.753. The Hall–Kier alpha value is -1.74. The molecule has 116 valence electrons. The summed E-state index contributed by atoms with van der Waals surface area (Å²) in [5, 5.41) is 19.5. The lowest BCUT2D eigenvalue weighted by atomic mass is 9.71. The van der Waals surface area contributed by atoms with Gasteiger partial charge in [0.25, 0.3) is 0 Å². The number of piperidine rings is 1. The number of aliphatic hydroxyl groups is 1. The number of carboxylic acids is 1. The molecule has 2 aliphatic rings. The second-order valence-corrected chi connectivity index (χ2v) is 5.98.